The number of methoxy groups -OCH3 is 1. The molecule has 0 N–H and O–H groups in total. The first kappa shape index (κ1) is 14.2. The number of hydrogen-bond donors (Lipinski definition) is 0. The van der Waals surface area contributed by atoms with E-state index in [1.54, 1.807) is 18.4 Å². The fourth-order valence-electron chi connectivity index (χ4n) is 1.70. The molecule has 2 rings (SSSR count). The smallest absolute Gasteiger partial charge is 0.118 e. The van der Waals surface area contributed by atoms with Crippen molar-refractivity contribution in [2.75, 3.05) is 12.9 Å². The maximum Gasteiger partial charge on any atom is 0.118 e. The predicted molar refractivity (Wildman–Crippen MR) is 80.3 cm³/mol. The quantitative estimate of drug-likeness (QED) is 0.822. The first-order valence-corrected chi connectivity index (χ1v) is 8.37. The summed E-state index contributed by atoms with van der Waals surface area (Å²) in [5, 5.41) is 0.963. The van der Waals surface area contributed by atoms with Gasteiger partial charge in [0.2, 0.25) is 0 Å². The minimum Gasteiger partial charge on any atom is -0.497 e. The molecule has 1 unspecified atom stereocenters. The summed E-state index contributed by atoms with van der Waals surface area (Å²) >= 11 is 1.62. The van der Waals surface area contributed by atoms with Crippen molar-refractivity contribution in [1.29, 1.82) is 0 Å². The van der Waals surface area contributed by atoms with Gasteiger partial charge in [-0.15, -0.1) is 11.3 Å². The largest absolute Gasteiger partial charge is 0.497 e. The van der Waals surface area contributed by atoms with Crippen molar-refractivity contribution in [3.8, 4) is 5.75 Å². The molecular formula is C14H17NO2S2. The molecule has 0 aliphatic carbocycles. The van der Waals surface area contributed by atoms with Crippen LogP contribution in [-0.2, 0) is 23.0 Å². The highest BCUT2D eigenvalue weighted by atomic mass is 32.2. The van der Waals surface area contributed by atoms with Crippen LogP contribution in [0.1, 0.15) is 15.4 Å². The summed E-state index contributed by atoms with van der Waals surface area (Å²) < 4.78 is 17.1. The van der Waals surface area contributed by atoms with Crippen LogP contribution in [0.15, 0.2) is 30.5 Å². The monoisotopic (exact) mass is 295 g/mol. The molecule has 0 bridgehead atoms. The predicted octanol–water partition coefficient (Wildman–Crippen LogP) is 2.95. The average Bonchev–Trinajstić information content (AvgIpc) is 2.82. The molecule has 1 heterocycles. The van der Waals surface area contributed by atoms with Gasteiger partial charge in [-0.1, -0.05) is 12.1 Å². The van der Waals surface area contributed by atoms with E-state index < -0.39 is 10.8 Å². The lowest BCUT2D eigenvalue weighted by Gasteiger charge is -2.03. The number of rotatable bonds is 6. The molecule has 102 valence electrons. The standard InChI is InChI=1S/C14H17NO2S2/c1-11-9-15-14(18-11)10-19(16)8-7-12-3-5-13(17-2)6-4-12/h3-6,9H,7-8,10H2,1-2H3. The third-order valence-electron chi connectivity index (χ3n) is 2.73. The van der Waals surface area contributed by atoms with E-state index in [-0.39, 0.29) is 0 Å². The normalized spacial score (nSPS) is 12.3. The van der Waals surface area contributed by atoms with Crippen LogP contribution in [0.4, 0.5) is 0 Å². The highest BCUT2D eigenvalue weighted by Crippen LogP contribution is 2.15. The van der Waals surface area contributed by atoms with Crippen LogP contribution < -0.4 is 4.74 Å². The van der Waals surface area contributed by atoms with Gasteiger partial charge in [0.25, 0.3) is 0 Å². The molecule has 0 aliphatic heterocycles. The third kappa shape index (κ3) is 4.44. The summed E-state index contributed by atoms with van der Waals surface area (Å²) in [7, 11) is 0.804. The zero-order chi connectivity index (χ0) is 13.7. The van der Waals surface area contributed by atoms with Gasteiger partial charge in [0.05, 0.1) is 12.9 Å². The van der Waals surface area contributed by atoms with Crippen LogP contribution >= 0.6 is 11.3 Å². The lowest BCUT2D eigenvalue weighted by atomic mass is 10.2. The Kier molecular flexibility index (Phi) is 5.10. The molecule has 2 aromatic rings. The second kappa shape index (κ2) is 6.82. The average molecular weight is 295 g/mol. The second-order valence-corrected chi connectivity index (χ2v) is 7.15. The van der Waals surface area contributed by atoms with E-state index in [0.29, 0.717) is 11.5 Å². The second-order valence-electron chi connectivity index (χ2n) is 4.25. The summed E-state index contributed by atoms with van der Waals surface area (Å²) in [6.07, 6.45) is 2.65. The van der Waals surface area contributed by atoms with Crippen molar-refractivity contribution in [2.24, 2.45) is 0 Å². The van der Waals surface area contributed by atoms with Crippen LogP contribution in [0.3, 0.4) is 0 Å². The van der Waals surface area contributed by atoms with Crippen LogP contribution in [0.25, 0.3) is 0 Å². The lowest BCUT2D eigenvalue weighted by Crippen LogP contribution is -2.03. The van der Waals surface area contributed by atoms with Crippen LogP contribution in [0.2, 0.25) is 0 Å². The van der Waals surface area contributed by atoms with Gasteiger partial charge in [-0.3, -0.25) is 4.21 Å². The molecule has 1 atom stereocenters. The number of hydrogen-bond acceptors (Lipinski definition) is 4. The van der Waals surface area contributed by atoms with E-state index in [4.69, 9.17) is 4.74 Å². The van der Waals surface area contributed by atoms with E-state index >= 15 is 0 Å². The topological polar surface area (TPSA) is 39.2 Å². The van der Waals surface area contributed by atoms with Gasteiger partial charge in [0.15, 0.2) is 0 Å². The first-order chi connectivity index (χ1) is 9.17. The molecule has 0 saturated carbocycles. The van der Waals surface area contributed by atoms with Crippen molar-refractivity contribution >= 4 is 22.1 Å². The van der Waals surface area contributed by atoms with Gasteiger partial charge in [-0.25, -0.2) is 4.98 Å². The minimum absolute atomic E-state index is 0.564. The SMILES string of the molecule is COc1ccc(CCS(=O)Cc2ncc(C)s2)cc1. The molecule has 3 nitrogen and oxygen atoms in total. The zero-order valence-corrected chi connectivity index (χ0v) is 12.7. The molecule has 19 heavy (non-hydrogen) atoms. The van der Waals surface area contributed by atoms with Crippen molar-refractivity contribution in [3.63, 3.8) is 0 Å². The molecule has 0 fully saturated rings. The van der Waals surface area contributed by atoms with Gasteiger partial charge in [-0.2, -0.15) is 0 Å². The number of benzene rings is 1. The summed E-state index contributed by atoms with van der Waals surface area (Å²) in [4.78, 5) is 5.41. The van der Waals surface area contributed by atoms with Crippen LogP contribution in [-0.4, -0.2) is 22.1 Å². The van der Waals surface area contributed by atoms with Crippen molar-refractivity contribution in [1.82, 2.24) is 4.98 Å². The Morgan fingerprint density at radius 3 is 2.63 bits per heavy atom. The van der Waals surface area contributed by atoms with Gasteiger partial charge in [0, 0.05) is 27.6 Å². The Morgan fingerprint density at radius 2 is 2.05 bits per heavy atom. The Balaban J connectivity index is 1.82. The molecule has 0 radical (unpaired) electrons. The fraction of sp³-hybridized carbons (Fsp3) is 0.357. The van der Waals surface area contributed by atoms with Gasteiger partial charge in [-0.05, 0) is 31.0 Å². The maximum atomic E-state index is 12.0. The van der Waals surface area contributed by atoms with Crippen molar-refractivity contribution in [3.05, 3.63) is 45.9 Å². The Morgan fingerprint density at radius 1 is 1.32 bits per heavy atom. The Hall–Kier alpha value is -1.20. The Labute approximate surface area is 120 Å². The summed E-state index contributed by atoms with van der Waals surface area (Å²) in [5.74, 6) is 2.09. The number of aromatic nitrogens is 1. The van der Waals surface area contributed by atoms with Gasteiger partial charge >= 0.3 is 0 Å². The molecule has 0 amide bonds. The number of ether oxygens (including phenoxy) is 1. The molecule has 1 aromatic carbocycles. The number of nitrogens with zero attached hydrogens (tertiary/aromatic N) is 1. The van der Waals surface area contributed by atoms with E-state index in [0.717, 1.165) is 17.2 Å². The fourth-order valence-corrected chi connectivity index (χ4v) is 3.87. The highest BCUT2D eigenvalue weighted by molar-refractivity contribution is 7.84. The number of aryl methyl sites for hydroxylation is 2. The van der Waals surface area contributed by atoms with E-state index in [1.807, 2.05) is 37.4 Å². The molecule has 5 heteroatoms. The third-order valence-corrected chi connectivity index (χ3v) is 5.08. The van der Waals surface area contributed by atoms with Crippen molar-refractivity contribution < 1.29 is 8.95 Å². The lowest BCUT2D eigenvalue weighted by molar-refractivity contribution is 0.414. The first-order valence-electron chi connectivity index (χ1n) is 6.06. The van der Waals surface area contributed by atoms with Crippen LogP contribution in [0.5, 0.6) is 5.75 Å². The van der Waals surface area contributed by atoms with Crippen LogP contribution in [0, 0.1) is 6.92 Å². The van der Waals surface area contributed by atoms with Crippen molar-refractivity contribution in [2.45, 2.75) is 19.1 Å². The highest BCUT2D eigenvalue weighted by Gasteiger charge is 2.06. The molecule has 1 aromatic heterocycles. The maximum absolute atomic E-state index is 12.0. The minimum atomic E-state index is -0.849. The zero-order valence-electron chi connectivity index (χ0n) is 11.1. The molecule has 0 aliphatic rings. The van der Waals surface area contributed by atoms with E-state index in [2.05, 4.69) is 4.98 Å². The van der Waals surface area contributed by atoms with E-state index in [1.165, 1.54) is 10.4 Å². The van der Waals surface area contributed by atoms with Gasteiger partial charge < -0.3 is 4.74 Å². The molecule has 0 saturated heterocycles. The van der Waals surface area contributed by atoms with Gasteiger partial charge in [0.1, 0.15) is 10.8 Å². The molecular weight excluding hydrogens is 278 g/mol. The van der Waals surface area contributed by atoms with E-state index in [9.17, 15) is 4.21 Å². The summed E-state index contributed by atoms with van der Waals surface area (Å²) in [5.41, 5.74) is 1.18. The number of thiazole rings is 1. The molecule has 0 spiro atoms. The summed E-state index contributed by atoms with van der Waals surface area (Å²) in [6, 6.07) is 7.90. The Bertz CT molecular complexity index is 549. The summed E-state index contributed by atoms with van der Waals surface area (Å²) in [6.45, 7) is 2.02.